The second kappa shape index (κ2) is 6.22. The molecule has 1 aromatic heterocycles. The minimum Gasteiger partial charge on any atom is -0.377 e. The third-order valence-electron chi connectivity index (χ3n) is 2.81. The van der Waals surface area contributed by atoms with Crippen molar-refractivity contribution in [2.45, 2.75) is 19.4 Å². The van der Waals surface area contributed by atoms with Gasteiger partial charge in [-0.05, 0) is 36.2 Å². The van der Waals surface area contributed by atoms with Crippen molar-refractivity contribution in [2.24, 2.45) is 0 Å². The van der Waals surface area contributed by atoms with Gasteiger partial charge in [0, 0.05) is 10.0 Å². The van der Waals surface area contributed by atoms with E-state index in [4.69, 9.17) is 23.2 Å². The fourth-order valence-electron chi connectivity index (χ4n) is 1.85. The van der Waals surface area contributed by atoms with Crippen molar-refractivity contribution >= 4 is 28.9 Å². The summed E-state index contributed by atoms with van der Waals surface area (Å²) in [6.07, 6.45) is 2.29. The lowest BCUT2D eigenvalue weighted by atomic mass is 10.0. The number of hydrogen-bond donors (Lipinski definition) is 1. The second-order valence-corrected chi connectivity index (χ2v) is 4.98. The van der Waals surface area contributed by atoms with E-state index in [0.717, 1.165) is 17.7 Å². The molecule has 1 N–H and O–H groups in total. The van der Waals surface area contributed by atoms with Gasteiger partial charge in [0.1, 0.15) is 0 Å². The molecule has 0 aliphatic heterocycles. The Kier molecular flexibility index (Phi) is 4.61. The van der Waals surface area contributed by atoms with E-state index < -0.39 is 5.95 Å². The molecule has 0 spiro atoms. The molecule has 1 heterocycles. The SMILES string of the molecule is CCC(Nc1ccc(F)nc1)c1ccc(Cl)cc1Cl. The first-order valence-electron chi connectivity index (χ1n) is 5.93. The predicted molar refractivity (Wildman–Crippen MR) is 77.3 cm³/mol. The van der Waals surface area contributed by atoms with E-state index in [0.29, 0.717) is 10.0 Å². The van der Waals surface area contributed by atoms with Gasteiger partial charge < -0.3 is 5.32 Å². The third-order valence-corrected chi connectivity index (χ3v) is 3.38. The van der Waals surface area contributed by atoms with Gasteiger partial charge in [-0.25, -0.2) is 4.98 Å². The van der Waals surface area contributed by atoms with Crippen LogP contribution in [0, 0.1) is 5.95 Å². The molecule has 2 aromatic rings. The van der Waals surface area contributed by atoms with Gasteiger partial charge in [-0.2, -0.15) is 4.39 Å². The highest BCUT2D eigenvalue weighted by atomic mass is 35.5. The predicted octanol–water partition coefficient (Wildman–Crippen LogP) is 5.09. The van der Waals surface area contributed by atoms with Gasteiger partial charge in [0.25, 0.3) is 0 Å². The smallest absolute Gasteiger partial charge is 0.212 e. The Labute approximate surface area is 121 Å². The van der Waals surface area contributed by atoms with Crippen molar-refractivity contribution in [3.63, 3.8) is 0 Å². The van der Waals surface area contributed by atoms with E-state index in [9.17, 15) is 4.39 Å². The molecule has 5 heteroatoms. The normalized spacial score (nSPS) is 12.2. The molecule has 2 rings (SSSR count). The Balaban J connectivity index is 2.22. The Morgan fingerprint density at radius 3 is 2.63 bits per heavy atom. The molecule has 0 fully saturated rings. The minimum atomic E-state index is -0.497. The van der Waals surface area contributed by atoms with Crippen LogP contribution in [-0.2, 0) is 0 Å². The highest BCUT2D eigenvalue weighted by Gasteiger charge is 2.13. The van der Waals surface area contributed by atoms with Gasteiger partial charge in [0.05, 0.1) is 17.9 Å². The first kappa shape index (κ1) is 14.1. The molecule has 1 unspecified atom stereocenters. The Morgan fingerprint density at radius 1 is 1.26 bits per heavy atom. The number of pyridine rings is 1. The van der Waals surface area contributed by atoms with Gasteiger partial charge in [-0.3, -0.25) is 0 Å². The summed E-state index contributed by atoms with van der Waals surface area (Å²) in [7, 11) is 0. The zero-order chi connectivity index (χ0) is 13.8. The van der Waals surface area contributed by atoms with E-state index in [1.165, 1.54) is 12.3 Å². The van der Waals surface area contributed by atoms with Gasteiger partial charge in [0.2, 0.25) is 5.95 Å². The summed E-state index contributed by atoms with van der Waals surface area (Å²) in [5.41, 5.74) is 1.71. The number of benzene rings is 1. The van der Waals surface area contributed by atoms with Crippen molar-refractivity contribution in [1.82, 2.24) is 4.98 Å². The fraction of sp³-hybridized carbons (Fsp3) is 0.214. The number of rotatable bonds is 4. The molecule has 0 radical (unpaired) electrons. The zero-order valence-electron chi connectivity index (χ0n) is 10.3. The maximum absolute atomic E-state index is 12.8. The van der Waals surface area contributed by atoms with Crippen molar-refractivity contribution in [3.8, 4) is 0 Å². The summed E-state index contributed by atoms with van der Waals surface area (Å²) in [6, 6.07) is 8.40. The second-order valence-electron chi connectivity index (χ2n) is 4.14. The molecule has 0 bridgehead atoms. The van der Waals surface area contributed by atoms with E-state index >= 15 is 0 Å². The number of halogens is 3. The van der Waals surface area contributed by atoms with Gasteiger partial charge in [0.15, 0.2) is 0 Å². The van der Waals surface area contributed by atoms with Crippen LogP contribution in [-0.4, -0.2) is 4.98 Å². The Hall–Kier alpha value is -1.32. The number of nitrogens with zero attached hydrogens (tertiary/aromatic N) is 1. The lowest BCUT2D eigenvalue weighted by molar-refractivity contribution is 0.583. The zero-order valence-corrected chi connectivity index (χ0v) is 11.8. The van der Waals surface area contributed by atoms with E-state index in [1.807, 2.05) is 13.0 Å². The van der Waals surface area contributed by atoms with Crippen LogP contribution < -0.4 is 5.32 Å². The van der Waals surface area contributed by atoms with Crippen LogP contribution in [0.3, 0.4) is 0 Å². The summed E-state index contributed by atoms with van der Waals surface area (Å²) in [5.74, 6) is -0.497. The molecule has 100 valence electrons. The van der Waals surface area contributed by atoms with E-state index in [2.05, 4.69) is 10.3 Å². The molecule has 0 aliphatic rings. The largest absolute Gasteiger partial charge is 0.377 e. The molecule has 2 nitrogen and oxygen atoms in total. The monoisotopic (exact) mass is 298 g/mol. The van der Waals surface area contributed by atoms with Crippen molar-refractivity contribution in [2.75, 3.05) is 5.32 Å². The molecule has 0 saturated carbocycles. The average molecular weight is 299 g/mol. The Morgan fingerprint density at radius 2 is 2.05 bits per heavy atom. The first-order chi connectivity index (χ1) is 9.10. The molecule has 0 amide bonds. The van der Waals surface area contributed by atoms with Gasteiger partial charge in [-0.15, -0.1) is 0 Å². The van der Waals surface area contributed by atoms with Crippen LogP contribution in [0.2, 0.25) is 10.0 Å². The van der Waals surface area contributed by atoms with Gasteiger partial charge >= 0.3 is 0 Å². The molecule has 0 saturated heterocycles. The quantitative estimate of drug-likeness (QED) is 0.795. The number of hydrogen-bond acceptors (Lipinski definition) is 2. The van der Waals surface area contributed by atoms with E-state index in [1.54, 1.807) is 18.2 Å². The number of anilines is 1. The lowest BCUT2D eigenvalue weighted by Crippen LogP contribution is -2.10. The van der Waals surface area contributed by atoms with Crippen molar-refractivity contribution in [1.29, 1.82) is 0 Å². The molecule has 19 heavy (non-hydrogen) atoms. The van der Waals surface area contributed by atoms with Crippen LogP contribution in [0.15, 0.2) is 36.5 Å². The average Bonchev–Trinajstić information content (AvgIpc) is 2.39. The maximum atomic E-state index is 12.8. The van der Waals surface area contributed by atoms with Crippen LogP contribution in [0.4, 0.5) is 10.1 Å². The summed E-state index contributed by atoms with van der Waals surface area (Å²) >= 11 is 12.1. The number of aromatic nitrogens is 1. The number of nitrogens with one attached hydrogen (secondary N) is 1. The third kappa shape index (κ3) is 3.58. The van der Waals surface area contributed by atoms with Crippen molar-refractivity contribution < 1.29 is 4.39 Å². The lowest BCUT2D eigenvalue weighted by Gasteiger charge is -2.19. The molecular weight excluding hydrogens is 286 g/mol. The summed E-state index contributed by atoms with van der Waals surface area (Å²) in [4.78, 5) is 3.61. The fourth-order valence-corrected chi connectivity index (χ4v) is 2.39. The summed E-state index contributed by atoms with van der Waals surface area (Å²) < 4.78 is 12.8. The standard InChI is InChI=1S/C14H13Cl2FN2/c1-2-13(11-5-3-9(15)7-12(11)16)19-10-4-6-14(17)18-8-10/h3-8,13,19H,2H2,1H3. The first-order valence-corrected chi connectivity index (χ1v) is 6.68. The van der Waals surface area contributed by atoms with Gasteiger partial charge in [-0.1, -0.05) is 36.2 Å². The molecular formula is C14H13Cl2FN2. The van der Waals surface area contributed by atoms with E-state index in [-0.39, 0.29) is 6.04 Å². The molecule has 0 aliphatic carbocycles. The summed E-state index contributed by atoms with van der Waals surface area (Å²) in [5, 5.41) is 4.49. The topological polar surface area (TPSA) is 24.9 Å². The van der Waals surface area contributed by atoms with Crippen LogP contribution in [0.5, 0.6) is 0 Å². The highest BCUT2D eigenvalue weighted by Crippen LogP contribution is 2.30. The maximum Gasteiger partial charge on any atom is 0.212 e. The van der Waals surface area contributed by atoms with Crippen molar-refractivity contribution in [3.05, 3.63) is 58.1 Å². The van der Waals surface area contributed by atoms with Crippen LogP contribution >= 0.6 is 23.2 Å². The Bertz CT molecular complexity index is 558. The minimum absolute atomic E-state index is 0.0250. The summed E-state index contributed by atoms with van der Waals surface area (Å²) in [6.45, 7) is 2.04. The molecule has 1 atom stereocenters. The molecule has 1 aromatic carbocycles. The van der Waals surface area contributed by atoms with Crippen LogP contribution in [0.1, 0.15) is 24.9 Å². The van der Waals surface area contributed by atoms with Crippen LogP contribution in [0.25, 0.3) is 0 Å². The highest BCUT2D eigenvalue weighted by molar-refractivity contribution is 6.35.